The third-order valence-electron chi connectivity index (χ3n) is 2.99. The number of hydrogen-bond acceptors (Lipinski definition) is 1. The maximum atomic E-state index is 13.7. The number of alkyl halides is 1. The summed E-state index contributed by atoms with van der Waals surface area (Å²) in [7, 11) is 1.51. The number of hydrogen-bond donors (Lipinski definition) is 0. The van der Waals surface area contributed by atoms with E-state index in [1.165, 1.54) is 7.11 Å². The van der Waals surface area contributed by atoms with Crippen LogP contribution in [0.2, 0.25) is 0 Å². The molecule has 2 aromatic rings. The van der Waals surface area contributed by atoms with Gasteiger partial charge in [0.15, 0.2) is 17.5 Å². The first kappa shape index (κ1) is 14.7. The second kappa shape index (κ2) is 6.18. The molecule has 2 aromatic carbocycles. The second-order valence-corrected chi connectivity index (χ2v) is 4.77. The molecule has 0 aliphatic carbocycles. The Morgan fingerprint density at radius 1 is 1.05 bits per heavy atom. The van der Waals surface area contributed by atoms with E-state index in [1.807, 2.05) is 0 Å². The van der Waals surface area contributed by atoms with Crippen LogP contribution in [0.4, 0.5) is 13.2 Å². The number of para-hydroxylation sites is 1. The monoisotopic (exact) mass is 300 g/mol. The van der Waals surface area contributed by atoms with Gasteiger partial charge >= 0.3 is 0 Å². The van der Waals surface area contributed by atoms with Gasteiger partial charge in [0, 0.05) is 5.56 Å². The van der Waals surface area contributed by atoms with Gasteiger partial charge in [-0.2, -0.15) is 0 Å². The van der Waals surface area contributed by atoms with Gasteiger partial charge in [0.2, 0.25) is 0 Å². The van der Waals surface area contributed by atoms with Crippen molar-refractivity contribution in [2.45, 2.75) is 11.8 Å². The van der Waals surface area contributed by atoms with Crippen LogP contribution in [0.1, 0.15) is 16.5 Å². The summed E-state index contributed by atoms with van der Waals surface area (Å²) in [6.45, 7) is 0. The van der Waals surface area contributed by atoms with Gasteiger partial charge < -0.3 is 4.74 Å². The molecule has 0 heterocycles. The lowest BCUT2D eigenvalue weighted by Gasteiger charge is -2.14. The minimum atomic E-state index is -1.51. The molecular weight excluding hydrogens is 289 g/mol. The fourth-order valence-electron chi connectivity index (χ4n) is 1.96. The van der Waals surface area contributed by atoms with Gasteiger partial charge in [-0.15, -0.1) is 11.6 Å². The van der Waals surface area contributed by atoms with Crippen LogP contribution >= 0.6 is 11.6 Å². The fraction of sp³-hybridized carbons (Fsp3) is 0.200. The van der Waals surface area contributed by atoms with Gasteiger partial charge in [0.25, 0.3) is 0 Å². The Labute approximate surface area is 119 Å². The lowest BCUT2D eigenvalue weighted by molar-refractivity contribution is 0.409. The Balaban J connectivity index is 2.29. The molecule has 5 heteroatoms. The summed E-state index contributed by atoms with van der Waals surface area (Å²) < 4.78 is 44.9. The molecule has 0 N–H and O–H groups in total. The van der Waals surface area contributed by atoms with Crippen LogP contribution in [0, 0.1) is 17.5 Å². The number of benzene rings is 2. The number of methoxy groups -OCH3 is 1. The van der Waals surface area contributed by atoms with E-state index in [2.05, 4.69) is 0 Å². The molecule has 0 bridgehead atoms. The Hall–Kier alpha value is -1.68. The molecule has 0 amide bonds. The minimum Gasteiger partial charge on any atom is -0.496 e. The summed E-state index contributed by atoms with van der Waals surface area (Å²) in [5.41, 5.74) is 0.690. The predicted octanol–water partition coefficient (Wildman–Crippen LogP) is 4.64. The number of rotatable bonds is 4. The highest BCUT2D eigenvalue weighted by Gasteiger charge is 2.20. The van der Waals surface area contributed by atoms with E-state index in [0.717, 1.165) is 17.7 Å². The average Bonchev–Trinajstić information content (AvgIpc) is 2.45. The molecule has 1 nitrogen and oxygen atoms in total. The molecule has 0 aliphatic heterocycles. The SMILES string of the molecule is COc1ccccc1CC(Cl)c1ccc(F)c(F)c1F. The largest absolute Gasteiger partial charge is 0.496 e. The van der Waals surface area contributed by atoms with Gasteiger partial charge in [0.05, 0.1) is 12.5 Å². The molecule has 2 rings (SSSR count). The molecule has 0 aromatic heterocycles. The van der Waals surface area contributed by atoms with E-state index in [-0.39, 0.29) is 12.0 Å². The minimum absolute atomic E-state index is 0.0727. The van der Waals surface area contributed by atoms with E-state index in [9.17, 15) is 13.2 Å². The molecule has 1 atom stereocenters. The number of ether oxygens (including phenoxy) is 1. The van der Waals surface area contributed by atoms with Gasteiger partial charge in [0.1, 0.15) is 5.75 Å². The highest BCUT2D eigenvalue weighted by Crippen LogP contribution is 2.31. The lowest BCUT2D eigenvalue weighted by atomic mass is 10.0. The summed E-state index contributed by atoms with van der Waals surface area (Å²) in [6, 6.07) is 9.14. The van der Waals surface area contributed by atoms with Gasteiger partial charge in [-0.05, 0) is 24.1 Å². The summed E-state index contributed by atoms with van der Waals surface area (Å²) in [4.78, 5) is 0. The zero-order chi connectivity index (χ0) is 14.7. The maximum Gasteiger partial charge on any atom is 0.194 e. The van der Waals surface area contributed by atoms with Crippen LogP contribution < -0.4 is 4.74 Å². The Bertz CT molecular complexity index is 616. The molecule has 1 unspecified atom stereocenters. The van der Waals surface area contributed by atoms with Crippen molar-refractivity contribution in [1.82, 2.24) is 0 Å². The lowest BCUT2D eigenvalue weighted by Crippen LogP contribution is -2.04. The van der Waals surface area contributed by atoms with E-state index in [4.69, 9.17) is 16.3 Å². The molecular formula is C15H12ClF3O. The molecule has 0 spiro atoms. The first-order chi connectivity index (χ1) is 9.54. The first-order valence-electron chi connectivity index (χ1n) is 5.94. The summed E-state index contributed by atoms with van der Waals surface area (Å²) in [5, 5.41) is -0.818. The normalized spacial score (nSPS) is 12.2. The van der Waals surface area contributed by atoms with Crippen LogP contribution in [0.25, 0.3) is 0 Å². The first-order valence-corrected chi connectivity index (χ1v) is 6.37. The van der Waals surface area contributed by atoms with Crippen LogP contribution in [-0.4, -0.2) is 7.11 Å². The summed E-state index contributed by atoms with van der Waals surface area (Å²) >= 11 is 6.11. The summed E-state index contributed by atoms with van der Waals surface area (Å²) in [6.07, 6.45) is 0.244. The van der Waals surface area contributed by atoms with E-state index in [0.29, 0.717) is 5.75 Å². The van der Waals surface area contributed by atoms with Crippen molar-refractivity contribution in [3.63, 3.8) is 0 Å². The highest BCUT2D eigenvalue weighted by molar-refractivity contribution is 6.21. The van der Waals surface area contributed by atoms with E-state index in [1.54, 1.807) is 24.3 Å². The van der Waals surface area contributed by atoms with Crippen LogP contribution in [0.3, 0.4) is 0 Å². The van der Waals surface area contributed by atoms with Crippen molar-refractivity contribution < 1.29 is 17.9 Å². The number of halogens is 4. The fourth-order valence-corrected chi connectivity index (χ4v) is 2.29. The zero-order valence-corrected chi connectivity index (χ0v) is 11.4. The van der Waals surface area contributed by atoms with Crippen molar-refractivity contribution in [2.75, 3.05) is 7.11 Å². The average molecular weight is 301 g/mol. The molecule has 0 radical (unpaired) electrons. The van der Waals surface area contributed by atoms with Crippen molar-refractivity contribution in [1.29, 1.82) is 0 Å². The van der Waals surface area contributed by atoms with Crippen LogP contribution in [-0.2, 0) is 6.42 Å². The zero-order valence-electron chi connectivity index (χ0n) is 10.7. The molecule has 106 valence electrons. The second-order valence-electron chi connectivity index (χ2n) is 4.25. The smallest absolute Gasteiger partial charge is 0.194 e. The Morgan fingerprint density at radius 3 is 2.45 bits per heavy atom. The third-order valence-corrected chi connectivity index (χ3v) is 3.38. The molecule has 0 fully saturated rings. The van der Waals surface area contributed by atoms with Gasteiger partial charge in [-0.1, -0.05) is 24.3 Å². The van der Waals surface area contributed by atoms with Crippen molar-refractivity contribution in [2.24, 2.45) is 0 Å². The predicted molar refractivity (Wildman–Crippen MR) is 71.6 cm³/mol. The maximum absolute atomic E-state index is 13.7. The molecule has 20 heavy (non-hydrogen) atoms. The molecule has 0 saturated carbocycles. The standard InChI is InChI=1S/C15H12ClF3O/c1-20-13-5-3-2-4-9(13)8-11(16)10-6-7-12(17)15(19)14(10)18/h2-7,11H,8H2,1H3. The highest BCUT2D eigenvalue weighted by atomic mass is 35.5. The van der Waals surface area contributed by atoms with Crippen LogP contribution in [0.15, 0.2) is 36.4 Å². The van der Waals surface area contributed by atoms with Gasteiger partial charge in [-0.3, -0.25) is 0 Å². The van der Waals surface area contributed by atoms with Crippen molar-refractivity contribution >= 4 is 11.6 Å². The third kappa shape index (κ3) is 2.90. The quantitative estimate of drug-likeness (QED) is 0.590. The van der Waals surface area contributed by atoms with E-state index < -0.39 is 22.8 Å². The van der Waals surface area contributed by atoms with E-state index >= 15 is 0 Å². The van der Waals surface area contributed by atoms with Crippen molar-refractivity contribution in [3.05, 3.63) is 65.0 Å². The van der Waals surface area contributed by atoms with Crippen molar-refractivity contribution in [3.8, 4) is 5.75 Å². The summed E-state index contributed by atoms with van der Waals surface area (Å²) in [5.74, 6) is -3.37. The Kier molecular flexibility index (Phi) is 4.55. The van der Waals surface area contributed by atoms with Gasteiger partial charge in [-0.25, -0.2) is 13.2 Å². The Morgan fingerprint density at radius 2 is 1.75 bits per heavy atom. The van der Waals surface area contributed by atoms with Crippen LogP contribution in [0.5, 0.6) is 5.75 Å². The molecule has 0 saturated heterocycles. The topological polar surface area (TPSA) is 9.23 Å². The molecule has 0 aliphatic rings.